The molecule has 2 aromatic carbocycles. The monoisotopic (exact) mass is 264 g/mol. The fraction of sp³-hybridized carbons (Fsp3) is 0.143. The number of rotatable bonds is 2. The summed E-state index contributed by atoms with van der Waals surface area (Å²) in [5.74, 6) is -0.306. The van der Waals surface area contributed by atoms with Gasteiger partial charge in [0.1, 0.15) is 5.82 Å². The molecule has 0 fully saturated rings. The van der Waals surface area contributed by atoms with E-state index >= 15 is 0 Å². The smallest absolute Gasteiger partial charge is 0.175 e. The van der Waals surface area contributed by atoms with Crippen molar-refractivity contribution in [1.82, 2.24) is 0 Å². The minimum Gasteiger partial charge on any atom is -0.224 e. The first-order valence-electron chi connectivity index (χ1n) is 5.44. The molecule has 0 atom stereocenters. The molecule has 0 aliphatic rings. The Kier molecular flexibility index (Phi) is 3.22. The van der Waals surface area contributed by atoms with Gasteiger partial charge in [0.15, 0.2) is 9.84 Å². The third-order valence-electron chi connectivity index (χ3n) is 2.76. The second kappa shape index (κ2) is 4.53. The van der Waals surface area contributed by atoms with E-state index in [2.05, 4.69) is 0 Å². The molecular formula is C14H13FO2S. The van der Waals surface area contributed by atoms with Crippen LogP contribution in [0.1, 0.15) is 5.56 Å². The molecule has 0 aliphatic heterocycles. The first-order valence-corrected chi connectivity index (χ1v) is 7.34. The van der Waals surface area contributed by atoms with E-state index in [4.69, 9.17) is 0 Å². The van der Waals surface area contributed by atoms with Gasteiger partial charge >= 0.3 is 0 Å². The molecule has 0 bridgehead atoms. The van der Waals surface area contributed by atoms with Crippen LogP contribution in [0.2, 0.25) is 0 Å². The van der Waals surface area contributed by atoms with Crippen molar-refractivity contribution in [3.05, 3.63) is 53.8 Å². The van der Waals surface area contributed by atoms with Crippen molar-refractivity contribution in [1.29, 1.82) is 0 Å². The van der Waals surface area contributed by atoms with E-state index in [9.17, 15) is 12.8 Å². The van der Waals surface area contributed by atoms with E-state index in [-0.39, 0.29) is 10.7 Å². The zero-order valence-corrected chi connectivity index (χ0v) is 11.0. The van der Waals surface area contributed by atoms with Crippen molar-refractivity contribution < 1.29 is 12.8 Å². The summed E-state index contributed by atoms with van der Waals surface area (Å²) in [6.45, 7) is 1.81. The zero-order chi connectivity index (χ0) is 13.3. The first-order chi connectivity index (χ1) is 8.38. The molecule has 0 N–H and O–H groups in total. The van der Waals surface area contributed by atoms with Gasteiger partial charge < -0.3 is 0 Å². The largest absolute Gasteiger partial charge is 0.224 e. The van der Waals surface area contributed by atoms with E-state index in [0.29, 0.717) is 0 Å². The maximum Gasteiger partial charge on any atom is 0.175 e. The van der Waals surface area contributed by atoms with Crippen molar-refractivity contribution in [3.8, 4) is 11.1 Å². The molecule has 18 heavy (non-hydrogen) atoms. The van der Waals surface area contributed by atoms with E-state index < -0.39 is 9.84 Å². The average molecular weight is 264 g/mol. The maximum atomic E-state index is 13.2. The molecular weight excluding hydrogens is 251 g/mol. The second-order valence-corrected chi connectivity index (χ2v) is 6.27. The predicted octanol–water partition coefficient (Wildman–Crippen LogP) is 3.20. The van der Waals surface area contributed by atoms with E-state index in [0.717, 1.165) is 16.7 Å². The fourth-order valence-corrected chi connectivity index (χ4v) is 2.55. The molecule has 0 amide bonds. The molecule has 2 nitrogen and oxygen atoms in total. The average Bonchev–Trinajstić information content (AvgIpc) is 2.27. The Labute approximate surface area is 106 Å². The van der Waals surface area contributed by atoms with Crippen molar-refractivity contribution >= 4 is 9.84 Å². The van der Waals surface area contributed by atoms with Crippen molar-refractivity contribution in [2.24, 2.45) is 0 Å². The molecule has 2 aromatic rings. The lowest BCUT2D eigenvalue weighted by Crippen LogP contribution is -1.98. The predicted molar refractivity (Wildman–Crippen MR) is 69.7 cm³/mol. The highest BCUT2D eigenvalue weighted by atomic mass is 32.2. The lowest BCUT2D eigenvalue weighted by molar-refractivity contribution is 0.602. The number of hydrogen-bond acceptors (Lipinski definition) is 2. The summed E-state index contributed by atoms with van der Waals surface area (Å²) in [6.07, 6.45) is 1.17. The molecule has 0 unspecified atom stereocenters. The first kappa shape index (κ1) is 12.8. The highest BCUT2D eigenvalue weighted by molar-refractivity contribution is 7.90. The van der Waals surface area contributed by atoms with Crippen molar-refractivity contribution in [2.45, 2.75) is 11.8 Å². The standard InChI is InChI=1S/C14H13FO2S/c1-10-8-13(18(2,16)17)6-7-14(10)11-4-3-5-12(15)9-11/h3-9H,1-2H3. The molecule has 0 saturated heterocycles. The van der Waals surface area contributed by atoms with Gasteiger partial charge in [-0.1, -0.05) is 18.2 Å². The topological polar surface area (TPSA) is 34.1 Å². The number of halogens is 1. The summed E-state index contributed by atoms with van der Waals surface area (Å²) in [5.41, 5.74) is 2.39. The fourth-order valence-electron chi connectivity index (χ4n) is 1.85. The molecule has 0 aromatic heterocycles. The van der Waals surface area contributed by atoms with Crippen LogP contribution in [0, 0.1) is 12.7 Å². The highest BCUT2D eigenvalue weighted by Gasteiger charge is 2.10. The zero-order valence-electron chi connectivity index (χ0n) is 10.1. The minimum atomic E-state index is -3.21. The molecule has 0 saturated carbocycles. The molecule has 0 spiro atoms. The Balaban J connectivity index is 2.55. The van der Waals surface area contributed by atoms with Gasteiger partial charge in [-0.3, -0.25) is 0 Å². The van der Waals surface area contributed by atoms with E-state index in [1.165, 1.54) is 18.4 Å². The summed E-state index contributed by atoms with van der Waals surface area (Å²) < 4.78 is 36.0. The summed E-state index contributed by atoms with van der Waals surface area (Å²) in [5, 5.41) is 0. The molecule has 2 rings (SSSR count). The van der Waals surface area contributed by atoms with Crippen LogP contribution in [-0.2, 0) is 9.84 Å². The minimum absolute atomic E-state index is 0.278. The van der Waals surface area contributed by atoms with Gasteiger partial charge in [0.05, 0.1) is 4.90 Å². The van der Waals surface area contributed by atoms with Crippen LogP contribution in [0.15, 0.2) is 47.4 Å². The van der Waals surface area contributed by atoms with Gasteiger partial charge in [-0.25, -0.2) is 12.8 Å². The molecule has 4 heteroatoms. The molecule has 0 aliphatic carbocycles. The van der Waals surface area contributed by atoms with E-state index in [1.54, 1.807) is 30.3 Å². The third-order valence-corrected chi connectivity index (χ3v) is 3.87. The van der Waals surface area contributed by atoms with Crippen molar-refractivity contribution in [2.75, 3.05) is 6.26 Å². The van der Waals surface area contributed by atoms with E-state index in [1.807, 2.05) is 6.92 Å². The Hall–Kier alpha value is -1.68. The van der Waals surface area contributed by atoms with Crippen molar-refractivity contribution in [3.63, 3.8) is 0 Å². The Morgan fingerprint density at radius 2 is 1.78 bits per heavy atom. The summed E-state index contributed by atoms with van der Waals surface area (Å²) in [7, 11) is -3.21. The normalized spacial score (nSPS) is 11.5. The Morgan fingerprint density at radius 3 is 2.33 bits per heavy atom. The van der Waals surface area contributed by atoms with Crippen LogP contribution >= 0.6 is 0 Å². The number of aryl methyl sites for hydroxylation is 1. The van der Waals surface area contributed by atoms with Gasteiger partial charge in [-0.05, 0) is 47.9 Å². The Bertz CT molecular complexity index is 691. The van der Waals surface area contributed by atoms with Crippen LogP contribution in [-0.4, -0.2) is 14.7 Å². The molecule has 94 valence electrons. The van der Waals surface area contributed by atoms with Crippen LogP contribution in [0.5, 0.6) is 0 Å². The van der Waals surface area contributed by atoms with Gasteiger partial charge in [0.25, 0.3) is 0 Å². The molecule has 0 heterocycles. The lowest BCUT2D eigenvalue weighted by atomic mass is 10.0. The maximum absolute atomic E-state index is 13.2. The Morgan fingerprint density at radius 1 is 1.06 bits per heavy atom. The summed E-state index contributed by atoms with van der Waals surface area (Å²) >= 11 is 0. The highest BCUT2D eigenvalue weighted by Crippen LogP contribution is 2.26. The second-order valence-electron chi connectivity index (χ2n) is 4.26. The third kappa shape index (κ3) is 2.59. The van der Waals surface area contributed by atoms with Crippen LogP contribution in [0.3, 0.4) is 0 Å². The SMILES string of the molecule is Cc1cc(S(C)(=O)=O)ccc1-c1cccc(F)c1. The quantitative estimate of drug-likeness (QED) is 0.834. The number of hydrogen-bond donors (Lipinski definition) is 0. The van der Waals surface area contributed by atoms with Gasteiger partial charge in [-0.15, -0.1) is 0 Å². The summed E-state index contributed by atoms with van der Waals surface area (Å²) in [4.78, 5) is 0.278. The van der Waals surface area contributed by atoms with Gasteiger partial charge in [0, 0.05) is 6.26 Å². The molecule has 0 radical (unpaired) electrons. The number of sulfone groups is 1. The van der Waals surface area contributed by atoms with Crippen LogP contribution < -0.4 is 0 Å². The lowest BCUT2D eigenvalue weighted by Gasteiger charge is -2.08. The van der Waals surface area contributed by atoms with Gasteiger partial charge in [0.2, 0.25) is 0 Å². The van der Waals surface area contributed by atoms with Crippen LogP contribution in [0.25, 0.3) is 11.1 Å². The number of benzene rings is 2. The van der Waals surface area contributed by atoms with Crippen LogP contribution in [0.4, 0.5) is 4.39 Å². The van der Waals surface area contributed by atoms with Gasteiger partial charge in [-0.2, -0.15) is 0 Å². The summed E-state index contributed by atoms with van der Waals surface area (Å²) in [6, 6.07) is 11.1.